The summed E-state index contributed by atoms with van der Waals surface area (Å²) in [6.07, 6.45) is 0. The van der Waals surface area contributed by atoms with Crippen LogP contribution in [0.4, 0.5) is 0 Å². The van der Waals surface area contributed by atoms with E-state index in [4.69, 9.17) is 23.2 Å². The fourth-order valence-electron chi connectivity index (χ4n) is 1.95. The molecular weight excluding hydrogens is 363 g/mol. The van der Waals surface area contributed by atoms with Crippen molar-refractivity contribution >= 4 is 46.6 Å². The van der Waals surface area contributed by atoms with Crippen molar-refractivity contribution < 1.29 is 4.79 Å². The topological polar surface area (TPSA) is 41.5 Å². The number of nitrogens with one attached hydrogen (secondary N) is 1. The molecule has 1 amide bonds. The molecular formula is C18H18Cl2N2OS. The lowest BCUT2D eigenvalue weighted by Crippen LogP contribution is -2.21. The van der Waals surface area contributed by atoms with Gasteiger partial charge in [0.15, 0.2) is 0 Å². The van der Waals surface area contributed by atoms with Gasteiger partial charge in [-0.1, -0.05) is 59.1 Å². The highest BCUT2D eigenvalue weighted by molar-refractivity contribution is 7.99. The maximum atomic E-state index is 11.9. The highest BCUT2D eigenvalue weighted by Crippen LogP contribution is 2.28. The summed E-state index contributed by atoms with van der Waals surface area (Å²) < 4.78 is 0. The monoisotopic (exact) mass is 380 g/mol. The molecule has 0 radical (unpaired) electrons. The maximum absolute atomic E-state index is 11.9. The molecule has 0 aliphatic carbocycles. The van der Waals surface area contributed by atoms with Gasteiger partial charge in [-0.2, -0.15) is 5.10 Å². The number of nitrogens with zero attached hydrogens (tertiary/aromatic N) is 1. The minimum atomic E-state index is -0.158. The first-order chi connectivity index (χ1) is 11.5. The Hall–Kier alpha value is -1.49. The molecule has 0 spiro atoms. The number of hydrogen-bond donors (Lipinski definition) is 1. The number of amides is 1. The zero-order chi connectivity index (χ0) is 17.5. The predicted octanol–water partition coefficient (Wildman–Crippen LogP) is 5.08. The van der Waals surface area contributed by atoms with Gasteiger partial charge in [-0.05, 0) is 37.1 Å². The van der Waals surface area contributed by atoms with Crippen LogP contribution < -0.4 is 5.43 Å². The van der Waals surface area contributed by atoms with Gasteiger partial charge in [0, 0.05) is 15.8 Å². The van der Waals surface area contributed by atoms with Crippen LogP contribution in [0, 0.1) is 6.92 Å². The third-order valence-electron chi connectivity index (χ3n) is 3.36. The van der Waals surface area contributed by atoms with Gasteiger partial charge >= 0.3 is 0 Å². The van der Waals surface area contributed by atoms with Crippen LogP contribution >= 0.6 is 35.0 Å². The molecule has 0 aliphatic heterocycles. The number of benzene rings is 2. The molecule has 0 saturated carbocycles. The van der Waals surface area contributed by atoms with Crippen molar-refractivity contribution in [2.24, 2.45) is 5.10 Å². The molecule has 2 rings (SSSR count). The summed E-state index contributed by atoms with van der Waals surface area (Å²) in [5.74, 6) is 0.702. The summed E-state index contributed by atoms with van der Waals surface area (Å²) in [7, 11) is 0. The van der Waals surface area contributed by atoms with Gasteiger partial charge in [0.05, 0.1) is 11.5 Å². The molecule has 126 valence electrons. The number of carbonyl (C=O) groups excluding carboxylic acids is 1. The first-order valence-corrected chi connectivity index (χ1v) is 9.29. The van der Waals surface area contributed by atoms with Crippen molar-refractivity contribution in [3.05, 3.63) is 69.2 Å². The Morgan fingerprint density at radius 3 is 2.38 bits per heavy atom. The Balaban J connectivity index is 1.83. The fourth-order valence-corrected chi connectivity index (χ4v) is 3.51. The van der Waals surface area contributed by atoms with E-state index in [0.29, 0.717) is 15.8 Å². The first kappa shape index (κ1) is 18.8. The quantitative estimate of drug-likeness (QED) is 0.560. The normalized spacial score (nSPS) is 11.4. The second-order valence-electron chi connectivity index (χ2n) is 5.29. The molecule has 24 heavy (non-hydrogen) atoms. The minimum Gasteiger partial charge on any atom is -0.272 e. The lowest BCUT2D eigenvalue weighted by molar-refractivity contribution is -0.118. The van der Waals surface area contributed by atoms with E-state index in [2.05, 4.69) is 10.5 Å². The average Bonchev–Trinajstić information content (AvgIpc) is 2.56. The Kier molecular flexibility index (Phi) is 7.16. The number of carbonyl (C=O) groups is 1. The number of halogens is 2. The number of aryl methyl sites for hydroxylation is 1. The van der Waals surface area contributed by atoms with E-state index in [0.717, 1.165) is 16.8 Å². The van der Waals surface area contributed by atoms with Crippen molar-refractivity contribution in [2.45, 2.75) is 19.6 Å². The van der Waals surface area contributed by atoms with E-state index in [9.17, 15) is 4.79 Å². The Morgan fingerprint density at radius 2 is 1.75 bits per heavy atom. The lowest BCUT2D eigenvalue weighted by Gasteiger charge is -2.06. The summed E-state index contributed by atoms with van der Waals surface area (Å²) in [6, 6.07) is 13.4. The molecule has 0 unspecified atom stereocenters. The van der Waals surface area contributed by atoms with Gasteiger partial charge in [-0.3, -0.25) is 4.79 Å². The molecule has 0 heterocycles. The molecule has 1 N–H and O–H groups in total. The van der Waals surface area contributed by atoms with E-state index in [1.54, 1.807) is 18.2 Å². The second-order valence-corrected chi connectivity index (χ2v) is 7.09. The van der Waals surface area contributed by atoms with Crippen molar-refractivity contribution in [2.75, 3.05) is 5.75 Å². The van der Waals surface area contributed by atoms with Crippen LogP contribution in [0.1, 0.15) is 23.6 Å². The number of hydrogen-bond acceptors (Lipinski definition) is 3. The van der Waals surface area contributed by atoms with Crippen LogP contribution in [-0.2, 0) is 10.5 Å². The zero-order valence-electron chi connectivity index (χ0n) is 13.5. The standard InChI is InChI=1S/C18H18Cl2N2OS/c1-12-6-8-14(9-7-12)13(2)21-22-18(23)11-24-10-15-16(19)4-3-5-17(15)20/h3-9H,10-11H2,1-2H3,(H,22,23)/b21-13-. The number of rotatable bonds is 6. The van der Waals surface area contributed by atoms with Gasteiger partial charge in [-0.25, -0.2) is 5.43 Å². The van der Waals surface area contributed by atoms with Crippen molar-refractivity contribution in [1.29, 1.82) is 0 Å². The van der Waals surface area contributed by atoms with Gasteiger partial charge < -0.3 is 0 Å². The largest absolute Gasteiger partial charge is 0.272 e. The molecule has 0 bridgehead atoms. The van der Waals surface area contributed by atoms with E-state index in [1.807, 2.05) is 38.1 Å². The zero-order valence-corrected chi connectivity index (χ0v) is 15.8. The number of hydrazone groups is 1. The van der Waals surface area contributed by atoms with Crippen LogP contribution in [0.15, 0.2) is 47.6 Å². The van der Waals surface area contributed by atoms with Crippen LogP contribution in [0.25, 0.3) is 0 Å². The first-order valence-electron chi connectivity index (χ1n) is 7.38. The Bertz CT molecular complexity index is 725. The van der Waals surface area contributed by atoms with E-state index in [-0.39, 0.29) is 11.7 Å². The summed E-state index contributed by atoms with van der Waals surface area (Å²) in [5.41, 5.74) is 6.35. The summed E-state index contributed by atoms with van der Waals surface area (Å²) in [6.45, 7) is 3.89. The predicted molar refractivity (Wildman–Crippen MR) is 104 cm³/mol. The fraction of sp³-hybridized carbons (Fsp3) is 0.222. The molecule has 3 nitrogen and oxygen atoms in total. The molecule has 0 saturated heterocycles. The van der Waals surface area contributed by atoms with E-state index in [1.165, 1.54) is 17.3 Å². The molecule has 2 aromatic rings. The summed E-state index contributed by atoms with van der Waals surface area (Å²) >= 11 is 13.7. The highest BCUT2D eigenvalue weighted by atomic mass is 35.5. The summed E-state index contributed by atoms with van der Waals surface area (Å²) in [5, 5.41) is 5.37. The third kappa shape index (κ3) is 5.55. The molecule has 6 heteroatoms. The van der Waals surface area contributed by atoms with Crippen molar-refractivity contribution in [3.8, 4) is 0 Å². The van der Waals surface area contributed by atoms with Crippen molar-refractivity contribution in [1.82, 2.24) is 5.43 Å². The van der Waals surface area contributed by atoms with Crippen LogP contribution in [-0.4, -0.2) is 17.4 Å². The van der Waals surface area contributed by atoms with Crippen LogP contribution in [0.3, 0.4) is 0 Å². The van der Waals surface area contributed by atoms with Crippen molar-refractivity contribution in [3.63, 3.8) is 0 Å². The maximum Gasteiger partial charge on any atom is 0.250 e. The van der Waals surface area contributed by atoms with Gasteiger partial charge in [-0.15, -0.1) is 11.8 Å². The van der Waals surface area contributed by atoms with Crippen LogP contribution in [0.5, 0.6) is 0 Å². The molecule has 0 aromatic heterocycles. The van der Waals surface area contributed by atoms with E-state index < -0.39 is 0 Å². The van der Waals surface area contributed by atoms with Gasteiger partial charge in [0.1, 0.15) is 0 Å². The molecule has 0 aliphatic rings. The van der Waals surface area contributed by atoms with Gasteiger partial charge in [0.2, 0.25) is 5.91 Å². The molecule has 0 fully saturated rings. The smallest absolute Gasteiger partial charge is 0.250 e. The number of thioether (sulfide) groups is 1. The minimum absolute atomic E-state index is 0.158. The second kappa shape index (κ2) is 9.11. The van der Waals surface area contributed by atoms with Gasteiger partial charge in [0.25, 0.3) is 0 Å². The Morgan fingerprint density at radius 1 is 1.12 bits per heavy atom. The summed E-state index contributed by atoms with van der Waals surface area (Å²) in [4.78, 5) is 11.9. The Labute approximate surface area is 156 Å². The SMILES string of the molecule is C/C(=N/NC(=O)CSCc1c(Cl)cccc1Cl)c1ccc(C)cc1. The third-order valence-corrected chi connectivity index (χ3v) is 5.03. The highest BCUT2D eigenvalue weighted by Gasteiger charge is 2.07. The molecule has 0 atom stereocenters. The molecule has 2 aromatic carbocycles. The lowest BCUT2D eigenvalue weighted by atomic mass is 10.1. The average molecular weight is 381 g/mol. The van der Waals surface area contributed by atoms with E-state index >= 15 is 0 Å². The van der Waals surface area contributed by atoms with Crippen LogP contribution in [0.2, 0.25) is 10.0 Å².